The van der Waals surface area contributed by atoms with Gasteiger partial charge in [0.15, 0.2) is 22.2 Å². The number of terminal acetylenes is 1. The van der Waals surface area contributed by atoms with Gasteiger partial charge in [-0.15, -0.1) is 6.42 Å². The lowest BCUT2D eigenvalue weighted by Crippen LogP contribution is -2.63. The van der Waals surface area contributed by atoms with E-state index < -0.39 is 116 Å². The summed E-state index contributed by atoms with van der Waals surface area (Å²) < 4.78 is 83.1. The van der Waals surface area contributed by atoms with E-state index in [0.29, 0.717) is 11.1 Å². The smallest absolute Gasteiger partial charge is 0.314 e. The topological polar surface area (TPSA) is 151 Å². The molecule has 27 heteroatoms. The van der Waals surface area contributed by atoms with Gasteiger partial charge in [-0.3, -0.25) is 0 Å². The van der Waals surface area contributed by atoms with E-state index in [1.165, 1.54) is 5.56 Å². The molecule has 3 aromatic rings. The van der Waals surface area contributed by atoms with E-state index in [1.807, 2.05) is 30.3 Å². The summed E-state index contributed by atoms with van der Waals surface area (Å²) >= 11 is 0. The number of aliphatic hydroxyl groups excluding tert-OH is 1. The fourth-order valence-corrected chi connectivity index (χ4v) is 77.9. The average molecular weight is 1340 g/mol. The van der Waals surface area contributed by atoms with Gasteiger partial charge in [0.1, 0.15) is 0 Å². The summed E-state index contributed by atoms with van der Waals surface area (Å²) in [4.78, 5) is 0. The Morgan fingerprint density at radius 2 is 0.580 bits per heavy atom. The Balaban J connectivity index is 1.55. The molecule has 0 aliphatic carbocycles. The summed E-state index contributed by atoms with van der Waals surface area (Å²) in [5.74, 6) is 2.58. The molecule has 1 unspecified atom stereocenters. The Hall–Kier alpha value is -0.781. The molecule has 3 aromatic carbocycles. The molecule has 1 atom stereocenters. The quantitative estimate of drug-likeness (QED) is 0.0431. The Morgan fingerprint density at radius 1 is 0.370 bits per heavy atom. The van der Waals surface area contributed by atoms with Crippen LogP contribution in [0.5, 0.6) is 0 Å². The van der Waals surface area contributed by atoms with Crippen LogP contribution in [0.2, 0.25) is 182 Å². The van der Waals surface area contributed by atoms with E-state index >= 15 is 0 Å². The van der Waals surface area contributed by atoms with E-state index in [-0.39, 0.29) is 6.61 Å². The third kappa shape index (κ3) is 27.0. The molecule has 0 heterocycles. The first-order valence-electron chi connectivity index (χ1n) is 28.4. The minimum Gasteiger partial charge on any atom is -0.436 e. The van der Waals surface area contributed by atoms with Crippen LogP contribution in [0.15, 0.2) is 79.4 Å². The highest BCUT2D eigenvalue weighted by atomic mass is 28.5. The molecule has 3 rings (SSSR count). The highest BCUT2D eigenvalue weighted by molar-refractivity contribution is 6.94. The molecule has 0 amide bonds. The van der Waals surface area contributed by atoms with Crippen LogP contribution >= 0.6 is 0 Å². The van der Waals surface area contributed by atoms with Crippen LogP contribution in [0.25, 0.3) is 6.08 Å². The van der Waals surface area contributed by atoms with Gasteiger partial charge in [-0.2, -0.15) is 0 Å². The standard InChI is InChI=1S/C54H106O14Si13/c1-29-48-31-33-49(34-32-48)43-45-69(3,4)57-71(7,8)59-73(11,12)61-75(15,16)63-77(19,20)65-79(23,24)67-81(27,28)68-80(25,26)66-78(21,22)64-76(17,18)62-74(13,14)60-72(9,10)58-70(5,6)46-44-50-35-39-52(40-36-50)54(56,30-2)53-41-37-51(47-55)38-42-53/h2,29,31-42,55-56H,1,43-47H2,3-28H3. The van der Waals surface area contributed by atoms with Gasteiger partial charge in [-0.1, -0.05) is 91.4 Å². The van der Waals surface area contributed by atoms with Crippen LogP contribution in [0.1, 0.15) is 33.4 Å². The van der Waals surface area contributed by atoms with Crippen LogP contribution in [0.4, 0.5) is 0 Å². The van der Waals surface area contributed by atoms with E-state index in [4.69, 9.17) is 55.8 Å². The van der Waals surface area contributed by atoms with Gasteiger partial charge in [0, 0.05) is 11.1 Å². The Labute approximate surface area is 505 Å². The van der Waals surface area contributed by atoms with Gasteiger partial charge in [0.05, 0.1) is 6.61 Å². The molecule has 0 aromatic heterocycles. The van der Waals surface area contributed by atoms with Gasteiger partial charge < -0.3 is 59.6 Å². The second-order valence-electron chi connectivity index (χ2n) is 27.5. The third-order valence-corrected chi connectivity index (χ3v) is 62.9. The van der Waals surface area contributed by atoms with Crippen LogP contribution in [-0.4, -0.2) is 121 Å². The van der Waals surface area contributed by atoms with Crippen LogP contribution < -0.4 is 0 Å². The molecular weight excluding hydrogens is 1240 g/mol. The molecule has 0 bridgehead atoms. The summed E-state index contributed by atoms with van der Waals surface area (Å²) in [5.41, 5.74) is 3.92. The van der Waals surface area contributed by atoms with Crippen molar-refractivity contribution >= 4 is 117 Å². The van der Waals surface area contributed by atoms with Crippen LogP contribution in [-0.2, 0) is 74.4 Å². The summed E-state index contributed by atoms with van der Waals surface area (Å²) in [5, 5.41) is 21.0. The molecule has 0 aliphatic heterocycles. The van der Waals surface area contributed by atoms with Crippen molar-refractivity contribution in [2.45, 2.75) is 207 Å². The Bertz CT molecular complexity index is 2550. The molecule has 14 nitrogen and oxygen atoms in total. The van der Waals surface area contributed by atoms with Crippen molar-refractivity contribution in [3.8, 4) is 12.3 Å². The largest absolute Gasteiger partial charge is 0.436 e. The van der Waals surface area contributed by atoms with Crippen molar-refractivity contribution < 1.29 is 59.6 Å². The second-order valence-corrected chi connectivity index (χ2v) is 76.1. The normalized spacial score (nSPS) is 15.1. The van der Waals surface area contributed by atoms with E-state index in [2.05, 4.69) is 207 Å². The zero-order chi connectivity index (χ0) is 62.4. The molecule has 81 heavy (non-hydrogen) atoms. The highest BCUT2D eigenvalue weighted by Gasteiger charge is 2.52. The lowest BCUT2D eigenvalue weighted by atomic mass is 9.86. The molecular formula is C54H106O14Si13. The van der Waals surface area contributed by atoms with E-state index in [1.54, 1.807) is 24.3 Å². The minimum atomic E-state index is -2.84. The Kier molecular flexibility index (Phi) is 25.5. The predicted octanol–water partition coefficient (Wildman–Crippen LogP) is 14.8. The van der Waals surface area contributed by atoms with Crippen molar-refractivity contribution in [1.82, 2.24) is 0 Å². The fourth-order valence-electron chi connectivity index (χ4n) is 11.4. The number of aliphatic hydroxyl groups is 2. The van der Waals surface area contributed by atoms with Crippen molar-refractivity contribution in [3.63, 3.8) is 0 Å². The molecule has 0 radical (unpaired) electrons. The molecule has 2 N–H and O–H groups in total. The molecule has 0 fully saturated rings. The van der Waals surface area contributed by atoms with Gasteiger partial charge in [-0.05, 0) is 217 Å². The second kappa shape index (κ2) is 27.7. The highest BCUT2D eigenvalue weighted by Crippen LogP contribution is 2.35. The summed E-state index contributed by atoms with van der Waals surface area (Å²) in [7, 11) is -34.7. The van der Waals surface area contributed by atoms with Crippen LogP contribution in [0.3, 0.4) is 0 Å². The zero-order valence-electron chi connectivity index (χ0n) is 54.6. The maximum absolute atomic E-state index is 11.5. The van der Waals surface area contributed by atoms with Gasteiger partial charge in [0.25, 0.3) is 0 Å². The number of aryl methyl sites for hydroxylation is 2. The first-order valence-corrected chi connectivity index (χ1v) is 65.6. The maximum Gasteiger partial charge on any atom is 0.314 e. The van der Waals surface area contributed by atoms with Gasteiger partial charge in [0.2, 0.25) is 0 Å². The lowest BCUT2D eigenvalue weighted by molar-refractivity contribution is 0.145. The van der Waals surface area contributed by atoms with Crippen molar-refractivity contribution in [3.05, 3.63) is 113 Å². The maximum atomic E-state index is 11.5. The third-order valence-electron chi connectivity index (χ3n) is 12.3. The Morgan fingerprint density at radius 3 is 0.790 bits per heavy atom. The summed E-state index contributed by atoms with van der Waals surface area (Å²) in [6.45, 7) is 58.6. The molecule has 0 saturated carbocycles. The SMILES string of the molecule is C#CC(O)(c1ccc(CO)cc1)c1ccc(CC[Si](C)(C)O[Si](C)(C)O[Si](C)(C)O[Si](C)(C)O[Si](C)(C)O[Si](C)(C)O[Si](C)(C)O[Si](C)(C)O[Si](C)(C)O[Si](C)(C)O[Si](C)(C)O[Si](C)(C)O[Si](C)(C)CCc2ccc(C=C)cc2)cc1. The van der Waals surface area contributed by atoms with E-state index in [9.17, 15) is 10.2 Å². The predicted molar refractivity (Wildman–Crippen MR) is 364 cm³/mol. The lowest BCUT2D eigenvalue weighted by Gasteiger charge is -2.45. The minimum absolute atomic E-state index is 0.0791. The molecule has 0 spiro atoms. The summed E-state index contributed by atoms with van der Waals surface area (Å²) in [6.07, 6.45) is 9.53. The van der Waals surface area contributed by atoms with Crippen molar-refractivity contribution in [2.75, 3.05) is 0 Å². The average Bonchev–Trinajstić information content (AvgIpc) is 3.22. The van der Waals surface area contributed by atoms with Crippen molar-refractivity contribution in [2.24, 2.45) is 0 Å². The zero-order valence-corrected chi connectivity index (χ0v) is 67.6. The van der Waals surface area contributed by atoms with Gasteiger partial charge >= 0.3 is 94.2 Å². The number of benzene rings is 3. The number of hydrogen-bond donors (Lipinski definition) is 2. The van der Waals surface area contributed by atoms with E-state index in [0.717, 1.165) is 41.6 Å². The summed E-state index contributed by atoms with van der Waals surface area (Å²) in [6, 6.07) is 25.3. The van der Waals surface area contributed by atoms with Gasteiger partial charge in [-0.25, -0.2) is 0 Å². The molecule has 458 valence electrons. The fraction of sp³-hybridized carbons (Fsp3) is 0.593. The monoisotopic (exact) mass is 1340 g/mol. The molecule has 0 saturated heterocycles. The first-order chi connectivity index (χ1) is 36.3. The number of hydrogen-bond acceptors (Lipinski definition) is 14. The molecule has 0 aliphatic rings. The first kappa shape index (κ1) is 74.5. The van der Waals surface area contributed by atoms with Crippen molar-refractivity contribution in [1.29, 1.82) is 0 Å². The number of rotatable bonds is 34. The van der Waals surface area contributed by atoms with Crippen LogP contribution in [0, 0.1) is 12.3 Å².